The zero-order valence-corrected chi connectivity index (χ0v) is 29.6. The molecule has 0 radical (unpaired) electrons. The number of benzene rings is 4. The number of aldehydes is 1. The summed E-state index contributed by atoms with van der Waals surface area (Å²) >= 11 is 9.22. The zero-order valence-electron chi connectivity index (χ0n) is 24.8. The quantitative estimate of drug-likeness (QED) is 0.0979. The molecule has 0 saturated carbocycles. The standard InChI is InChI=1S/C16H11BrN2O3S.C9H8N2O2S.C7H5BrO2/c1-9-6-12-15(8-13(9)19(21)22)23-16(18-12)5-3-10-2-4-14(20)11(17)7-10;1-5-3-7-9(14-6(2)10-7)4-8(5)11(12)13;8-6-3-5(4-9)1-2-7(6)10/h2-8,20H,1H3;3-4H,1-2H3;1-4,10H/b5-3+;;. The highest BCUT2D eigenvalue weighted by atomic mass is 79.9. The number of nitro groups is 2. The lowest BCUT2D eigenvalue weighted by Gasteiger charge is -1.97. The predicted molar refractivity (Wildman–Crippen MR) is 193 cm³/mol. The maximum Gasteiger partial charge on any atom is 0.273 e. The van der Waals surface area contributed by atoms with E-state index in [2.05, 4.69) is 41.8 Å². The minimum atomic E-state index is -0.377. The van der Waals surface area contributed by atoms with E-state index < -0.39 is 0 Å². The van der Waals surface area contributed by atoms with Crippen LogP contribution in [-0.4, -0.2) is 36.3 Å². The summed E-state index contributed by atoms with van der Waals surface area (Å²) in [6, 6.07) is 16.4. The molecular formula is C32H24Br2N4O7S2. The van der Waals surface area contributed by atoms with Gasteiger partial charge in [0.05, 0.1) is 44.2 Å². The Morgan fingerprint density at radius 3 is 1.70 bits per heavy atom. The number of carbonyl (C=O) groups is 1. The highest BCUT2D eigenvalue weighted by Crippen LogP contribution is 2.31. The van der Waals surface area contributed by atoms with Crippen molar-refractivity contribution in [2.24, 2.45) is 0 Å². The highest BCUT2D eigenvalue weighted by molar-refractivity contribution is 9.10. The highest BCUT2D eigenvalue weighted by Gasteiger charge is 2.15. The molecule has 0 aliphatic heterocycles. The van der Waals surface area contributed by atoms with Crippen molar-refractivity contribution in [3.8, 4) is 11.5 Å². The van der Waals surface area contributed by atoms with E-state index in [1.54, 1.807) is 68.4 Å². The zero-order chi connectivity index (χ0) is 34.4. The number of fused-ring (bicyclic) bond motifs is 2. The second kappa shape index (κ2) is 15.3. The van der Waals surface area contributed by atoms with Crippen LogP contribution in [0.2, 0.25) is 0 Å². The fourth-order valence-corrected chi connectivity index (χ4v) is 6.64. The van der Waals surface area contributed by atoms with Crippen LogP contribution in [0.4, 0.5) is 11.4 Å². The number of aromatic nitrogens is 2. The van der Waals surface area contributed by atoms with Crippen LogP contribution in [-0.2, 0) is 0 Å². The van der Waals surface area contributed by atoms with Crippen LogP contribution >= 0.6 is 54.5 Å². The number of aryl methyl sites for hydroxylation is 3. The van der Waals surface area contributed by atoms with Gasteiger partial charge in [0.15, 0.2) is 0 Å². The van der Waals surface area contributed by atoms with Crippen LogP contribution in [0.1, 0.15) is 37.1 Å². The summed E-state index contributed by atoms with van der Waals surface area (Å²) in [5.41, 5.74) is 4.60. The van der Waals surface area contributed by atoms with E-state index in [0.717, 1.165) is 42.3 Å². The molecule has 0 atom stereocenters. The van der Waals surface area contributed by atoms with Crippen molar-refractivity contribution in [1.29, 1.82) is 0 Å². The average Bonchev–Trinajstić information content (AvgIpc) is 3.59. The molecule has 2 N–H and O–H groups in total. The molecule has 11 nitrogen and oxygen atoms in total. The van der Waals surface area contributed by atoms with Crippen molar-refractivity contribution in [3.05, 3.63) is 122 Å². The van der Waals surface area contributed by atoms with Gasteiger partial charge < -0.3 is 10.2 Å². The van der Waals surface area contributed by atoms with Gasteiger partial charge in [0.1, 0.15) is 22.8 Å². The molecule has 0 aliphatic carbocycles. The number of hydrogen-bond acceptors (Lipinski definition) is 11. The van der Waals surface area contributed by atoms with E-state index in [-0.39, 0.29) is 32.7 Å². The van der Waals surface area contributed by atoms with E-state index in [4.69, 9.17) is 5.11 Å². The summed E-state index contributed by atoms with van der Waals surface area (Å²) in [5, 5.41) is 41.8. The average molecular weight is 801 g/mol. The Kier molecular flexibility index (Phi) is 11.5. The number of nitrogens with zero attached hydrogens (tertiary/aromatic N) is 4. The van der Waals surface area contributed by atoms with Crippen LogP contribution in [0, 0.1) is 41.0 Å². The van der Waals surface area contributed by atoms with Gasteiger partial charge in [-0.3, -0.25) is 25.0 Å². The molecule has 15 heteroatoms. The lowest BCUT2D eigenvalue weighted by molar-refractivity contribution is -0.385. The number of hydrogen-bond donors (Lipinski definition) is 2. The summed E-state index contributed by atoms with van der Waals surface area (Å²) in [4.78, 5) is 39.8. The Morgan fingerprint density at radius 2 is 1.19 bits per heavy atom. The van der Waals surface area contributed by atoms with E-state index >= 15 is 0 Å². The van der Waals surface area contributed by atoms with E-state index in [0.29, 0.717) is 25.6 Å². The maximum atomic E-state index is 11.0. The molecule has 0 aliphatic rings. The first kappa shape index (κ1) is 35.3. The molecule has 0 unspecified atom stereocenters. The van der Waals surface area contributed by atoms with Gasteiger partial charge in [-0.2, -0.15) is 0 Å². The summed E-state index contributed by atoms with van der Waals surface area (Å²) in [5.74, 6) is 0.329. The summed E-state index contributed by atoms with van der Waals surface area (Å²) in [7, 11) is 0. The first-order valence-electron chi connectivity index (χ1n) is 13.4. The number of phenols is 2. The number of nitro benzene ring substituents is 2. The molecule has 240 valence electrons. The molecule has 47 heavy (non-hydrogen) atoms. The number of phenolic OH excluding ortho intramolecular Hbond substituents is 2. The predicted octanol–water partition coefficient (Wildman–Crippen LogP) is 9.94. The van der Waals surface area contributed by atoms with Crippen molar-refractivity contribution < 1.29 is 24.9 Å². The van der Waals surface area contributed by atoms with Gasteiger partial charge in [0.25, 0.3) is 11.4 Å². The number of thiazole rings is 2. The fourth-order valence-electron chi connectivity index (χ4n) is 4.12. The minimum Gasteiger partial charge on any atom is -0.507 e. The molecule has 0 bridgehead atoms. The van der Waals surface area contributed by atoms with Gasteiger partial charge in [0.2, 0.25) is 0 Å². The Morgan fingerprint density at radius 1 is 0.702 bits per heavy atom. The normalized spacial score (nSPS) is 10.7. The third-order valence-corrected chi connectivity index (χ3v) is 9.61. The van der Waals surface area contributed by atoms with E-state index in [9.17, 15) is 30.1 Å². The number of carbonyl (C=O) groups excluding carboxylic acids is 1. The lowest BCUT2D eigenvalue weighted by atomic mass is 10.2. The van der Waals surface area contributed by atoms with Gasteiger partial charge in [-0.1, -0.05) is 12.1 Å². The molecule has 0 spiro atoms. The third-order valence-electron chi connectivity index (χ3n) is 6.43. The van der Waals surface area contributed by atoms with Gasteiger partial charge >= 0.3 is 0 Å². The first-order chi connectivity index (χ1) is 22.2. The molecule has 0 saturated heterocycles. The number of halogens is 2. The second-order valence-corrected chi connectivity index (χ2v) is 13.9. The summed E-state index contributed by atoms with van der Waals surface area (Å²) < 4.78 is 2.82. The van der Waals surface area contributed by atoms with Crippen LogP contribution in [0.15, 0.2) is 69.6 Å². The Balaban J connectivity index is 0.000000177. The first-order valence-corrected chi connectivity index (χ1v) is 16.7. The topological polar surface area (TPSA) is 170 Å². The third kappa shape index (κ3) is 9.04. The maximum absolute atomic E-state index is 11.0. The minimum absolute atomic E-state index is 0.110. The molecule has 2 heterocycles. The molecule has 2 aromatic heterocycles. The second-order valence-electron chi connectivity index (χ2n) is 9.88. The summed E-state index contributed by atoms with van der Waals surface area (Å²) in [6.45, 7) is 5.33. The molecule has 0 amide bonds. The molecule has 0 fully saturated rings. The number of rotatable bonds is 5. The van der Waals surface area contributed by atoms with Crippen molar-refractivity contribution in [3.63, 3.8) is 0 Å². The largest absolute Gasteiger partial charge is 0.507 e. The Bertz CT molecular complexity index is 2180. The van der Waals surface area contributed by atoms with E-state index in [1.165, 1.54) is 28.7 Å². The molecular weight excluding hydrogens is 776 g/mol. The van der Waals surface area contributed by atoms with Crippen molar-refractivity contribution in [1.82, 2.24) is 9.97 Å². The fraction of sp³-hybridized carbons (Fsp3) is 0.0938. The van der Waals surface area contributed by atoms with E-state index in [1.807, 2.05) is 19.1 Å². The molecule has 4 aromatic carbocycles. The summed E-state index contributed by atoms with van der Waals surface area (Å²) in [6.07, 6.45) is 4.46. The lowest BCUT2D eigenvalue weighted by Crippen LogP contribution is -1.90. The smallest absolute Gasteiger partial charge is 0.273 e. The van der Waals surface area contributed by atoms with Crippen molar-refractivity contribution in [2.75, 3.05) is 0 Å². The van der Waals surface area contributed by atoms with Gasteiger partial charge in [-0.15, -0.1) is 22.7 Å². The Labute approximate surface area is 292 Å². The van der Waals surface area contributed by atoms with Crippen LogP contribution in [0.25, 0.3) is 32.6 Å². The van der Waals surface area contributed by atoms with Crippen LogP contribution < -0.4 is 0 Å². The van der Waals surface area contributed by atoms with Crippen molar-refractivity contribution >= 4 is 105 Å². The van der Waals surface area contributed by atoms with Crippen LogP contribution in [0.5, 0.6) is 11.5 Å². The number of aromatic hydroxyl groups is 2. The van der Waals surface area contributed by atoms with Crippen molar-refractivity contribution in [2.45, 2.75) is 20.8 Å². The van der Waals surface area contributed by atoms with Crippen LogP contribution in [0.3, 0.4) is 0 Å². The van der Waals surface area contributed by atoms with Gasteiger partial charge in [-0.05, 0) is 107 Å². The SMILES string of the molecule is Cc1cc2nc(/C=C/c3ccc(O)c(Br)c3)sc2cc1[N+](=O)[O-].Cc1nc2cc(C)c([N+](=O)[O-])cc2s1.O=Cc1ccc(O)c(Br)c1. The molecule has 6 rings (SSSR count). The monoisotopic (exact) mass is 798 g/mol. The molecule has 6 aromatic rings. The van der Waals surface area contributed by atoms with Gasteiger partial charge in [-0.25, -0.2) is 9.97 Å². The Hall–Kier alpha value is -4.57. The van der Waals surface area contributed by atoms with Gasteiger partial charge in [0, 0.05) is 28.8 Å².